The van der Waals surface area contributed by atoms with Gasteiger partial charge in [0.15, 0.2) is 11.9 Å². The van der Waals surface area contributed by atoms with Crippen molar-refractivity contribution in [2.45, 2.75) is 18.6 Å². The quantitative estimate of drug-likeness (QED) is 0.414. The Morgan fingerprint density at radius 1 is 0.939 bits per heavy atom. The van der Waals surface area contributed by atoms with Gasteiger partial charge in [-0.3, -0.25) is 4.79 Å². The number of aliphatic hydroxyl groups excluding tert-OH is 1. The predicted octanol–water partition coefficient (Wildman–Crippen LogP) is 2.49. The minimum atomic E-state index is -1.71. The van der Waals surface area contributed by atoms with Crippen molar-refractivity contribution in [1.82, 2.24) is 10.6 Å². The Morgan fingerprint density at radius 3 is 2.21 bits per heavy atom. The van der Waals surface area contributed by atoms with E-state index in [0.717, 1.165) is 22.3 Å². The first kappa shape index (κ1) is 22.1. The highest BCUT2D eigenvalue weighted by Gasteiger charge is 2.29. The number of rotatable bonds is 8. The number of ether oxygens (including phenoxy) is 1. The second-order valence-electron chi connectivity index (χ2n) is 7.51. The zero-order valence-corrected chi connectivity index (χ0v) is 17.5. The molecule has 4 rings (SSSR count). The summed E-state index contributed by atoms with van der Waals surface area (Å²) in [6, 6.07) is 19.0. The fourth-order valence-electron chi connectivity index (χ4n) is 3.77. The van der Waals surface area contributed by atoms with Gasteiger partial charge in [-0.1, -0.05) is 48.5 Å². The number of carbonyl (C=O) groups is 3. The zero-order chi connectivity index (χ0) is 23.4. The molecule has 0 radical (unpaired) electrons. The minimum Gasteiger partial charge on any atom is -0.479 e. The van der Waals surface area contributed by atoms with Gasteiger partial charge in [-0.25, -0.2) is 9.59 Å². The van der Waals surface area contributed by atoms with Gasteiger partial charge in [-0.15, -0.1) is 0 Å². The first-order valence-corrected chi connectivity index (χ1v) is 10.3. The SMILES string of the molecule is O=C(NCc1ccc(C(=O)NC[C@H](O)C(=O)O)o1)OCC1c2ccccc2-c2ccccc21. The number of nitrogens with one attached hydrogen (secondary N) is 2. The molecular formula is C24H22N2O7. The number of carbonyl (C=O) groups excluding carboxylic acids is 2. The van der Waals surface area contributed by atoms with Crippen LogP contribution in [-0.2, 0) is 16.1 Å². The zero-order valence-electron chi connectivity index (χ0n) is 17.5. The fraction of sp³-hybridized carbons (Fsp3) is 0.208. The molecule has 2 amide bonds. The van der Waals surface area contributed by atoms with Crippen LogP contribution in [0.4, 0.5) is 4.79 Å². The van der Waals surface area contributed by atoms with E-state index in [9.17, 15) is 19.5 Å². The Kier molecular flexibility index (Phi) is 6.41. The number of carboxylic acids is 1. The molecule has 4 N–H and O–H groups in total. The summed E-state index contributed by atoms with van der Waals surface area (Å²) in [6.45, 7) is -0.276. The average Bonchev–Trinajstić information content (AvgIpc) is 3.42. The Hall–Kier alpha value is -4.11. The smallest absolute Gasteiger partial charge is 0.407 e. The molecule has 1 atom stereocenters. The Labute approximate surface area is 189 Å². The Bertz CT molecular complexity index is 1140. The van der Waals surface area contributed by atoms with E-state index in [4.69, 9.17) is 14.3 Å². The standard InChI is InChI=1S/C24H22N2O7/c27-20(23(29)30)12-25-22(28)21-10-9-14(33-21)11-26-24(31)32-13-19-17-7-3-1-5-15(17)16-6-2-4-8-18(16)19/h1-10,19-20,27H,11-13H2,(H,25,28)(H,26,31)(H,29,30)/t20-/m0/s1. The van der Waals surface area contributed by atoms with E-state index in [1.165, 1.54) is 12.1 Å². The molecule has 9 nitrogen and oxygen atoms in total. The first-order valence-electron chi connectivity index (χ1n) is 10.3. The summed E-state index contributed by atoms with van der Waals surface area (Å²) in [5.41, 5.74) is 4.50. The molecule has 1 aliphatic rings. The van der Waals surface area contributed by atoms with Crippen molar-refractivity contribution < 1.29 is 33.8 Å². The van der Waals surface area contributed by atoms with Crippen LogP contribution in [0.5, 0.6) is 0 Å². The molecule has 2 aromatic carbocycles. The third kappa shape index (κ3) is 4.88. The maximum atomic E-state index is 12.2. The highest BCUT2D eigenvalue weighted by molar-refractivity contribution is 5.91. The number of benzene rings is 2. The van der Waals surface area contributed by atoms with Crippen LogP contribution in [0.1, 0.15) is 33.4 Å². The third-order valence-corrected chi connectivity index (χ3v) is 5.38. The maximum absolute atomic E-state index is 12.2. The molecule has 0 saturated carbocycles. The predicted molar refractivity (Wildman–Crippen MR) is 117 cm³/mol. The summed E-state index contributed by atoms with van der Waals surface area (Å²) in [5, 5.41) is 22.7. The summed E-state index contributed by atoms with van der Waals surface area (Å²) in [4.78, 5) is 34.8. The van der Waals surface area contributed by atoms with E-state index in [2.05, 4.69) is 22.8 Å². The first-order chi connectivity index (χ1) is 15.9. The van der Waals surface area contributed by atoms with Gasteiger partial charge in [-0.05, 0) is 34.4 Å². The van der Waals surface area contributed by atoms with E-state index in [0.29, 0.717) is 5.76 Å². The Balaban J connectivity index is 1.29. The van der Waals surface area contributed by atoms with Gasteiger partial charge >= 0.3 is 12.1 Å². The monoisotopic (exact) mass is 450 g/mol. The van der Waals surface area contributed by atoms with Crippen LogP contribution in [0.3, 0.4) is 0 Å². The lowest BCUT2D eigenvalue weighted by molar-refractivity contribution is -0.146. The number of furan rings is 1. The molecule has 0 bridgehead atoms. The molecule has 170 valence electrons. The van der Waals surface area contributed by atoms with Crippen molar-refractivity contribution >= 4 is 18.0 Å². The highest BCUT2D eigenvalue weighted by Crippen LogP contribution is 2.44. The van der Waals surface area contributed by atoms with Crippen molar-refractivity contribution in [3.63, 3.8) is 0 Å². The molecule has 0 saturated heterocycles. The number of aliphatic hydroxyl groups is 1. The van der Waals surface area contributed by atoms with Crippen molar-refractivity contribution in [3.8, 4) is 11.1 Å². The van der Waals surface area contributed by atoms with Crippen molar-refractivity contribution in [3.05, 3.63) is 83.3 Å². The van der Waals surface area contributed by atoms with Crippen molar-refractivity contribution in [2.75, 3.05) is 13.2 Å². The summed E-state index contributed by atoms with van der Waals surface area (Å²) >= 11 is 0. The van der Waals surface area contributed by atoms with E-state index >= 15 is 0 Å². The van der Waals surface area contributed by atoms with Gasteiger partial charge in [-0.2, -0.15) is 0 Å². The van der Waals surface area contributed by atoms with Crippen LogP contribution in [0.15, 0.2) is 65.1 Å². The van der Waals surface area contributed by atoms with Crippen molar-refractivity contribution in [1.29, 1.82) is 0 Å². The largest absolute Gasteiger partial charge is 0.479 e. The normalized spacial score (nSPS) is 13.0. The van der Waals surface area contributed by atoms with Gasteiger partial charge in [0.1, 0.15) is 12.4 Å². The second-order valence-corrected chi connectivity index (χ2v) is 7.51. The lowest BCUT2D eigenvalue weighted by Gasteiger charge is -2.14. The molecule has 1 aliphatic carbocycles. The Morgan fingerprint density at radius 2 is 1.58 bits per heavy atom. The van der Waals surface area contributed by atoms with Crippen LogP contribution in [0.25, 0.3) is 11.1 Å². The van der Waals surface area contributed by atoms with E-state index in [1.54, 1.807) is 0 Å². The molecule has 0 spiro atoms. The van der Waals surface area contributed by atoms with Gasteiger partial charge in [0.05, 0.1) is 13.1 Å². The lowest BCUT2D eigenvalue weighted by Crippen LogP contribution is -2.36. The van der Waals surface area contributed by atoms with Crippen LogP contribution in [0, 0.1) is 0 Å². The number of aliphatic carboxylic acids is 1. The van der Waals surface area contributed by atoms with Gasteiger partial charge in [0.2, 0.25) is 0 Å². The summed E-state index contributed by atoms with van der Waals surface area (Å²) in [7, 11) is 0. The molecule has 0 aliphatic heterocycles. The second kappa shape index (κ2) is 9.58. The number of hydrogen-bond donors (Lipinski definition) is 4. The summed E-state index contributed by atoms with van der Waals surface area (Å²) in [5.74, 6) is -1.93. The average molecular weight is 450 g/mol. The molecule has 1 aromatic heterocycles. The number of carboxylic acid groups (broad SMARTS) is 1. The third-order valence-electron chi connectivity index (χ3n) is 5.38. The van der Waals surface area contributed by atoms with Gasteiger partial charge in [0.25, 0.3) is 5.91 Å². The van der Waals surface area contributed by atoms with Crippen molar-refractivity contribution in [2.24, 2.45) is 0 Å². The van der Waals surface area contributed by atoms with Crippen LogP contribution in [-0.4, -0.2) is 47.4 Å². The topological polar surface area (TPSA) is 138 Å². The summed E-state index contributed by atoms with van der Waals surface area (Å²) in [6.07, 6.45) is -2.33. The molecule has 0 fully saturated rings. The molecule has 33 heavy (non-hydrogen) atoms. The number of fused-ring (bicyclic) bond motifs is 3. The van der Waals surface area contributed by atoms with Crippen LogP contribution < -0.4 is 10.6 Å². The van der Waals surface area contributed by atoms with E-state index in [1.807, 2.05) is 36.4 Å². The minimum absolute atomic E-state index is 0.00169. The highest BCUT2D eigenvalue weighted by atomic mass is 16.5. The van der Waals surface area contributed by atoms with Crippen LogP contribution >= 0.6 is 0 Å². The van der Waals surface area contributed by atoms with Gasteiger partial charge < -0.3 is 30.0 Å². The molecule has 1 heterocycles. The van der Waals surface area contributed by atoms with Crippen LogP contribution in [0.2, 0.25) is 0 Å². The van der Waals surface area contributed by atoms with E-state index < -0.39 is 30.6 Å². The maximum Gasteiger partial charge on any atom is 0.407 e. The molecular weight excluding hydrogens is 428 g/mol. The number of alkyl carbamates (subject to hydrolysis) is 1. The molecule has 9 heteroatoms. The lowest BCUT2D eigenvalue weighted by atomic mass is 9.98. The number of hydrogen-bond acceptors (Lipinski definition) is 6. The number of amides is 2. The summed E-state index contributed by atoms with van der Waals surface area (Å²) < 4.78 is 10.8. The molecule has 0 unspecified atom stereocenters. The fourth-order valence-corrected chi connectivity index (χ4v) is 3.77. The molecule has 3 aromatic rings. The van der Waals surface area contributed by atoms with E-state index in [-0.39, 0.29) is 24.8 Å². The van der Waals surface area contributed by atoms with Gasteiger partial charge in [0, 0.05) is 5.92 Å².